The molecule has 2 aromatic carbocycles. The molecule has 1 amide bonds. The molecule has 2 heterocycles. The number of likely N-dealkylation sites (tertiary alicyclic amines) is 1. The van der Waals surface area contributed by atoms with Gasteiger partial charge in [-0.05, 0) is 36.8 Å². The molecule has 0 bridgehead atoms. The van der Waals surface area contributed by atoms with E-state index in [-0.39, 0.29) is 27.6 Å². The van der Waals surface area contributed by atoms with Crippen LogP contribution in [-0.2, 0) is 10.0 Å². The van der Waals surface area contributed by atoms with E-state index < -0.39 is 21.7 Å². The number of piperidine rings is 1. The molecule has 1 aromatic heterocycles. The summed E-state index contributed by atoms with van der Waals surface area (Å²) < 4.78 is 60.2. The molecule has 0 spiro atoms. The molecule has 1 aliphatic rings. The lowest BCUT2D eigenvalue weighted by molar-refractivity contribution is 0.0595. The summed E-state index contributed by atoms with van der Waals surface area (Å²) in [5.74, 6) is -1.56. The number of aromatic nitrogens is 1. The van der Waals surface area contributed by atoms with Crippen LogP contribution in [0, 0.1) is 11.6 Å². The highest BCUT2D eigenvalue weighted by molar-refractivity contribution is 7.89. The van der Waals surface area contributed by atoms with Crippen LogP contribution in [0.15, 0.2) is 41.3 Å². The van der Waals surface area contributed by atoms with E-state index in [0.29, 0.717) is 42.7 Å². The minimum Gasteiger partial charge on any atom is -0.467 e. The van der Waals surface area contributed by atoms with Crippen molar-refractivity contribution in [2.75, 3.05) is 26.7 Å². The number of carbonyl (C=O) groups is 1. The van der Waals surface area contributed by atoms with Crippen LogP contribution in [0.1, 0.15) is 43.0 Å². The van der Waals surface area contributed by atoms with Crippen molar-refractivity contribution in [2.24, 2.45) is 0 Å². The number of hydrogen-bond donors (Lipinski definition) is 0. The molecule has 11 heteroatoms. The molecule has 1 saturated heterocycles. The standard InChI is InChI=1S/C24H27F2N3O4S2/c1-3-4-11-28(2)35(31,32)19-7-5-16(6-8-19)23(30)29-12-9-18(10-13-29)33-24-27-22-20(26)14-17(25)15-21(22)34-24/h5-8,14-15,18H,3-4,9-13H2,1-2H3. The summed E-state index contributed by atoms with van der Waals surface area (Å²) >= 11 is 1.09. The van der Waals surface area contributed by atoms with E-state index in [1.165, 1.54) is 22.5 Å². The first-order valence-corrected chi connectivity index (χ1v) is 13.7. The molecule has 0 unspecified atom stereocenters. The summed E-state index contributed by atoms with van der Waals surface area (Å²) in [5, 5.41) is 0.273. The monoisotopic (exact) mass is 523 g/mol. The van der Waals surface area contributed by atoms with Gasteiger partial charge in [-0.2, -0.15) is 4.98 Å². The van der Waals surface area contributed by atoms with E-state index in [1.54, 1.807) is 24.1 Å². The van der Waals surface area contributed by atoms with E-state index in [4.69, 9.17) is 4.74 Å². The Morgan fingerprint density at radius 2 is 1.89 bits per heavy atom. The number of halogens is 2. The van der Waals surface area contributed by atoms with Crippen LogP contribution in [-0.4, -0.2) is 61.3 Å². The second kappa shape index (κ2) is 10.5. The Labute approximate surface area is 207 Å². The number of rotatable bonds is 8. The maximum Gasteiger partial charge on any atom is 0.274 e. The van der Waals surface area contributed by atoms with Crippen molar-refractivity contribution in [3.8, 4) is 5.19 Å². The maximum atomic E-state index is 13.9. The Morgan fingerprint density at radius 1 is 1.20 bits per heavy atom. The van der Waals surface area contributed by atoms with Gasteiger partial charge in [0.25, 0.3) is 11.1 Å². The van der Waals surface area contributed by atoms with Gasteiger partial charge in [0.05, 0.1) is 9.60 Å². The number of amides is 1. The van der Waals surface area contributed by atoms with Crippen molar-refractivity contribution in [1.82, 2.24) is 14.2 Å². The summed E-state index contributed by atoms with van der Waals surface area (Å²) in [6, 6.07) is 8.04. The average Bonchev–Trinajstić information content (AvgIpc) is 3.25. The summed E-state index contributed by atoms with van der Waals surface area (Å²) in [7, 11) is -2.03. The third-order valence-corrected chi connectivity index (χ3v) is 8.79. The maximum absolute atomic E-state index is 13.9. The van der Waals surface area contributed by atoms with Gasteiger partial charge in [-0.1, -0.05) is 24.7 Å². The van der Waals surface area contributed by atoms with E-state index in [0.717, 1.165) is 30.2 Å². The first-order valence-electron chi connectivity index (χ1n) is 11.5. The molecule has 188 valence electrons. The van der Waals surface area contributed by atoms with Crippen LogP contribution in [0.3, 0.4) is 0 Å². The average molecular weight is 524 g/mol. The highest BCUT2D eigenvalue weighted by atomic mass is 32.2. The Balaban J connectivity index is 1.35. The smallest absolute Gasteiger partial charge is 0.274 e. The van der Waals surface area contributed by atoms with Gasteiger partial charge in [0.1, 0.15) is 17.4 Å². The summed E-state index contributed by atoms with van der Waals surface area (Å²) in [5.41, 5.74) is 0.504. The number of unbranched alkanes of at least 4 members (excludes halogenated alkanes) is 1. The number of carbonyl (C=O) groups excluding carboxylic acids is 1. The van der Waals surface area contributed by atoms with Crippen LogP contribution >= 0.6 is 11.3 Å². The zero-order chi connectivity index (χ0) is 25.2. The molecule has 1 fully saturated rings. The van der Waals surface area contributed by atoms with Crippen molar-refractivity contribution >= 4 is 37.5 Å². The number of hydrogen-bond acceptors (Lipinski definition) is 6. The molecule has 0 saturated carbocycles. The Morgan fingerprint density at radius 3 is 2.54 bits per heavy atom. The number of nitrogens with zero attached hydrogens (tertiary/aromatic N) is 3. The molecule has 3 aromatic rings. The minimum atomic E-state index is -3.59. The Kier molecular flexibility index (Phi) is 7.67. The first kappa shape index (κ1) is 25.5. The molecular weight excluding hydrogens is 496 g/mol. The third-order valence-electron chi connectivity index (χ3n) is 6.03. The fourth-order valence-electron chi connectivity index (χ4n) is 3.94. The lowest BCUT2D eigenvalue weighted by Crippen LogP contribution is -2.41. The Hall–Kier alpha value is -2.63. The minimum absolute atomic E-state index is 0.0843. The molecule has 0 radical (unpaired) electrons. The molecule has 1 aliphatic heterocycles. The highest BCUT2D eigenvalue weighted by Gasteiger charge is 2.27. The predicted molar refractivity (Wildman–Crippen MR) is 130 cm³/mol. The number of fused-ring (bicyclic) bond motifs is 1. The zero-order valence-electron chi connectivity index (χ0n) is 19.5. The van der Waals surface area contributed by atoms with Crippen LogP contribution < -0.4 is 4.74 Å². The molecule has 7 nitrogen and oxygen atoms in total. The number of sulfonamides is 1. The van der Waals surface area contributed by atoms with Gasteiger partial charge in [-0.25, -0.2) is 21.5 Å². The fraction of sp³-hybridized carbons (Fsp3) is 0.417. The molecule has 0 aliphatic carbocycles. The van der Waals surface area contributed by atoms with Crippen molar-refractivity contribution in [1.29, 1.82) is 0 Å². The number of thiazole rings is 1. The quantitative estimate of drug-likeness (QED) is 0.428. The van der Waals surface area contributed by atoms with Crippen molar-refractivity contribution < 1.29 is 26.7 Å². The molecule has 0 N–H and O–H groups in total. The normalized spacial score (nSPS) is 15.2. The van der Waals surface area contributed by atoms with Gasteiger partial charge >= 0.3 is 0 Å². The van der Waals surface area contributed by atoms with Crippen molar-refractivity contribution in [3.05, 3.63) is 53.6 Å². The van der Waals surface area contributed by atoms with Crippen LogP contribution in [0.4, 0.5) is 8.78 Å². The summed E-state index contributed by atoms with van der Waals surface area (Å²) in [4.78, 5) is 18.9. The third kappa shape index (κ3) is 5.62. The second-order valence-corrected chi connectivity index (χ2v) is 11.6. The van der Waals surface area contributed by atoms with Gasteiger partial charge in [0.2, 0.25) is 10.0 Å². The van der Waals surface area contributed by atoms with Crippen LogP contribution in [0.2, 0.25) is 0 Å². The molecule has 0 atom stereocenters. The lowest BCUT2D eigenvalue weighted by atomic mass is 10.1. The largest absolute Gasteiger partial charge is 0.467 e. The first-order chi connectivity index (χ1) is 16.7. The van der Waals surface area contributed by atoms with E-state index in [9.17, 15) is 22.0 Å². The second-order valence-electron chi connectivity index (χ2n) is 8.53. The predicted octanol–water partition coefficient (Wildman–Crippen LogP) is 4.68. The SMILES string of the molecule is CCCCN(C)S(=O)(=O)c1ccc(C(=O)N2CCC(Oc3nc4c(F)cc(F)cc4s3)CC2)cc1. The highest BCUT2D eigenvalue weighted by Crippen LogP contribution is 2.32. The summed E-state index contributed by atoms with van der Waals surface area (Å²) in [6.45, 7) is 3.36. The van der Waals surface area contributed by atoms with E-state index >= 15 is 0 Å². The topological polar surface area (TPSA) is 79.8 Å². The van der Waals surface area contributed by atoms with E-state index in [2.05, 4.69) is 4.98 Å². The van der Waals surface area contributed by atoms with Gasteiger partial charge in [-0.3, -0.25) is 4.79 Å². The lowest BCUT2D eigenvalue weighted by Gasteiger charge is -2.31. The molecule has 35 heavy (non-hydrogen) atoms. The summed E-state index contributed by atoms with van der Waals surface area (Å²) in [6.07, 6.45) is 2.60. The zero-order valence-corrected chi connectivity index (χ0v) is 21.2. The molecule has 4 rings (SSSR count). The van der Waals surface area contributed by atoms with Crippen LogP contribution in [0.25, 0.3) is 10.2 Å². The molecular formula is C24H27F2N3O4S2. The van der Waals surface area contributed by atoms with Gasteiger partial charge in [-0.15, -0.1) is 0 Å². The number of benzene rings is 2. The van der Waals surface area contributed by atoms with E-state index in [1.807, 2.05) is 6.92 Å². The van der Waals surface area contributed by atoms with Gasteiger partial charge < -0.3 is 9.64 Å². The Bertz CT molecular complexity index is 1300. The number of ether oxygens (including phenoxy) is 1. The van der Waals surface area contributed by atoms with Crippen molar-refractivity contribution in [2.45, 2.75) is 43.6 Å². The fourth-order valence-corrected chi connectivity index (χ4v) is 6.07. The van der Waals surface area contributed by atoms with Crippen molar-refractivity contribution in [3.63, 3.8) is 0 Å². The van der Waals surface area contributed by atoms with Gasteiger partial charge in [0.15, 0.2) is 5.82 Å². The van der Waals surface area contributed by atoms with Gasteiger partial charge in [0, 0.05) is 51.2 Å². The van der Waals surface area contributed by atoms with Crippen LogP contribution in [0.5, 0.6) is 5.19 Å².